The summed E-state index contributed by atoms with van der Waals surface area (Å²) in [5.74, 6) is 0.248. The van der Waals surface area contributed by atoms with Crippen LogP contribution in [-0.2, 0) is 17.7 Å². The summed E-state index contributed by atoms with van der Waals surface area (Å²) >= 11 is 0. The second kappa shape index (κ2) is 7.00. The van der Waals surface area contributed by atoms with Crippen LogP contribution in [0.15, 0.2) is 42.7 Å². The van der Waals surface area contributed by atoms with Crippen molar-refractivity contribution in [1.82, 2.24) is 19.7 Å². The molecule has 0 atom stereocenters. The molecule has 3 aromatic rings. The van der Waals surface area contributed by atoms with Crippen LogP contribution in [0.25, 0.3) is 5.69 Å². The van der Waals surface area contributed by atoms with E-state index in [1.807, 2.05) is 0 Å². The molecule has 1 N–H and O–H groups in total. The molecule has 0 amide bonds. The van der Waals surface area contributed by atoms with Crippen LogP contribution in [0.1, 0.15) is 16.7 Å². The van der Waals surface area contributed by atoms with Gasteiger partial charge in [-0.15, -0.1) is 5.10 Å². The van der Waals surface area contributed by atoms with Crippen molar-refractivity contribution in [3.63, 3.8) is 0 Å². The third kappa shape index (κ3) is 3.27. The zero-order valence-corrected chi connectivity index (χ0v) is 15.7. The molecule has 28 heavy (non-hydrogen) atoms. The Hall–Kier alpha value is -2.77. The number of nitrogens with zero attached hydrogens (tertiary/aromatic N) is 4. The van der Waals surface area contributed by atoms with E-state index in [-0.39, 0.29) is 5.82 Å². The van der Waals surface area contributed by atoms with Crippen molar-refractivity contribution in [1.29, 1.82) is 0 Å². The van der Waals surface area contributed by atoms with Crippen LogP contribution < -0.4 is 5.32 Å². The Balaban J connectivity index is 1.36. The highest BCUT2D eigenvalue weighted by atomic mass is 19.1. The topological polar surface area (TPSA) is 55.2 Å². The maximum atomic E-state index is 13.1. The van der Waals surface area contributed by atoms with Gasteiger partial charge in [0.1, 0.15) is 12.1 Å². The fourth-order valence-corrected chi connectivity index (χ4v) is 3.93. The maximum Gasteiger partial charge on any atom is 0.246 e. The van der Waals surface area contributed by atoms with Crippen LogP contribution in [0.2, 0.25) is 0 Å². The number of rotatable bonds is 4. The number of hydrogen-bond acceptors (Lipinski definition) is 5. The highest BCUT2D eigenvalue weighted by molar-refractivity contribution is 5.58. The number of nitrogens with one attached hydrogen (secondary N) is 1. The van der Waals surface area contributed by atoms with Gasteiger partial charge in [-0.3, -0.25) is 4.90 Å². The number of ether oxygens (including phenoxy) is 1. The molecular weight excluding hydrogens is 357 g/mol. The van der Waals surface area contributed by atoms with E-state index < -0.39 is 0 Å². The molecule has 0 aliphatic carbocycles. The standard InChI is InChI=1S/C21H22FN5O/c1-14-8-17(9-15-10-26(7-6-20(14)15)19-11-28-12-19)24-21-23-13-27(25-21)18-4-2-16(22)3-5-18/h2-5,8-9,13,19H,6-7,10-12H2,1H3,(H,24,25). The largest absolute Gasteiger partial charge is 0.378 e. The van der Waals surface area contributed by atoms with Crippen molar-refractivity contribution in [3.05, 3.63) is 65.2 Å². The van der Waals surface area contributed by atoms with E-state index in [1.165, 1.54) is 28.8 Å². The minimum absolute atomic E-state index is 0.269. The van der Waals surface area contributed by atoms with Crippen LogP contribution in [-0.4, -0.2) is 45.5 Å². The zero-order valence-electron chi connectivity index (χ0n) is 15.7. The van der Waals surface area contributed by atoms with Gasteiger partial charge >= 0.3 is 0 Å². The molecule has 0 radical (unpaired) electrons. The van der Waals surface area contributed by atoms with Gasteiger partial charge in [0.05, 0.1) is 24.9 Å². The summed E-state index contributed by atoms with van der Waals surface area (Å²) in [7, 11) is 0. The van der Waals surface area contributed by atoms with Gasteiger partial charge in [-0.05, 0) is 66.4 Å². The SMILES string of the molecule is Cc1cc(Nc2ncn(-c3ccc(F)cc3)n2)cc2c1CCN(C1COC1)C2. The first-order valence-corrected chi connectivity index (χ1v) is 9.54. The Morgan fingerprint density at radius 1 is 1.18 bits per heavy atom. The van der Waals surface area contributed by atoms with E-state index in [4.69, 9.17) is 4.74 Å². The Bertz CT molecular complexity index is 997. The van der Waals surface area contributed by atoms with Gasteiger partial charge in [-0.2, -0.15) is 4.98 Å². The van der Waals surface area contributed by atoms with E-state index in [0.29, 0.717) is 12.0 Å². The summed E-state index contributed by atoms with van der Waals surface area (Å²) in [6.45, 7) is 5.90. The summed E-state index contributed by atoms with van der Waals surface area (Å²) in [6.07, 6.45) is 2.70. The van der Waals surface area contributed by atoms with Crippen LogP contribution in [0, 0.1) is 12.7 Å². The molecule has 2 aliphatic rings. The first-order valence-electron chi connectivity index (χ1n) is 9.54. The monoisotopic (exact) mass is 379 g/mol. The van der Waals surface area contributed by atoms with E-state index in [1.54, 1.807) is 23.1 Å². The quantitative estimate of drug-likeness (QED) is 0.754. The first kappa shape index (κ1) is 17.3. The van der Waals surface area contributed by atoms with Crippen LogP contribution >= 0.6 is 0 Å². The van der Waals surface area contributed by atoms with E-state index >= 15 is 0 Å². The summed E-state index contributed by atoms with van der Waals surface area (Å²) < 4.78 is 20.1. The van der Waals surface area contributed by atoms with Gasteiger partial charge in [0, 0.05) is 18.8 Å². The highest BCUT2D eigenvalue weighted by Crippen LogP contribution is 2.29. The van der Waals surface area contributed by atoms with Crippen molar-refractivity contribution in [3.8, 4) is 5.69 Å². The van der Waals surface area contributed by atoms with E-state index in [0.717, 1.165) is 44.1 Å². The van der Waals surface area contributed by atoms with Crippen molar-refractivity contribution >= 4 is 11.6 Å². The number of halogens is 1. The van der Waals surface area contributed by atoms with Crippen molar-refractivity contribution in [2.75, 3.05) is 25.1 Å². The molecule has 0 bridgehead atoms. The third-order valence-electron chi connectivity index (χ3n) is 5.56. The number of benzene rings is 2. The maximum absolute atomic E-state index is 13.1. The fourth-order valence-electron chi connectivity index (χ4n) is 3.93. The average molecular weight is 379 g/mol. The Morgan fingerprint density at radius 3 is 2.75 bits per heavy atom. The lowest BCUT2D eigenvalue weighted by Crippen LogP contribution is -2.50. The van der Waals surface area contributed by atoms with E-state index in [2.05, 4.69) is 39.4 Å². The van der Waals surface area contributed by atoms with Crippen molar-refractivity contribution < 1.29 is 9.13 Å². The Labute approximate surface area is 163 Å². The van der Waals surface area contributed by atoms with Crippen molar-refractivity contribution in [2.24, 2.45) is 0 Å². The Kier molecular flexibility index (Phi) is 4.33. The normalized spacial score (nSPS) is 17.2. The summed E-state index contributed by atoms with van der Waals surface area (Å²) in [4.78, 5) is 6.85. The molecule has 2 aromatic carbocycles. The van der Waals surface area contributed by atoms with Crippen LogP contribution in [0.4, 0.5) is 16.0 Å². The molecule has 1 saturated heterocycles. The van der Waals surface area contributed by atoms with Gasteiger partial charge in [0.2, 0.25) is 5.95 Å². The van der Waals surface area contributed by atoms with Crippen LogP contribution in [0.3, 0.4) is 0 Å². The number of anilines is 2. The molecule has 144 valence electrons. The molecule has 6 nitrogen and oxygen atoms in total. The summed E-state index contributed by atoms with van der Waals surface area (Å²) in [5, 5.41) is 7.77. The fraction of sp³-hybridized carbons (Fsp3) is 0.333. The summed E-state index contributed by atoms with van der Waals surface area (Å²) in [6, 6.07) is 11.1. The number of aromatic nitrogens is 3. The molecule has 0 saturated carbocycles. The zero-order chi connectivity index (χ0) is 19.1. The summed E-state index contributed by atoms with van der Waals surface area (Å²) in [5.41, 5.74) is 5.86. The smallest absolute Gasteiger partial charge is 0.246 e. The van der Waals surface area contributed by atoms with Crippen LogP contribution in [0.5, 0.6) is 0 Å². The predicted molar refractivity (Wildman–Crippen MR) is 104 cm³/mol. The molecular formula is C21H22FN5O. The van der Waals surface area contributed by atoms with Gasteiger partial charge in [-0.25, -0.2) is 9.07 Å². The van der Waals surface area contributed by atoms with Crippen molar-refractivity contribution in [2.45, 2.75) is 25.9 Å². The molecule has 2 aliphatic heterocycles. The van der Waals surface area contributed by atoms with Gasteiger partial charge in [0.15, 0.2) is 0 Å². The highest BCUT2D eigenvalue weighted by Gasteiger charge is 2.29. The lowest BCUT2D eigenvalue weighted by Gasteiger charge is -2.40. The first-order chi connectivity index (χ1) is 13.7. The lowest BCUT2D eigenvalue weighted by molar-refractivity contribution is -0.0695. The number of hydrogen-bond donors (Lipinski definition) is 1. The molecule has 0 spiro atoms. The second-order valence-corrected chi connectivity index (χ2v) is 7.46. The molecule has 1 aromatic heterocycles. The predicted octanol–water partition coefficient (Wildman–Crippen LogP) is 3.22. The number of fused-ring (bicyclic) bond motifs is 1. The molecule has 3 heterocycles. The molecule has 7 heteroatoms. The second-order valence-electron chi connectivity index (χ2n) is 7.46. The van der Waals surface area contributed by atoms with E-state index in [9.17, 15) is 4.39 Å². The molecule has 5 rings (SSSR count). The Morgan fingerprint density at radius 2 is 2.00 bits per heavy atom. The minimum atomic E-state index is -0.269. The molecule has 0 unspecified atom stereocenters. The number of aryl methyl sites for hydroxylation is 1. The lowest BCUT2D eigenvalue weighted by atomic mass is 9.93. The average Bonchev–Trinajstić information content (AvgIpc) is 3.09. The third-order valence-corrected chi connectivity index (χ3v) is 5.56. The van der Waals surface area contributed by atoms with Gasteiger partial charge < -0.3 is 10.1 Å². The molecule has 1 fully saturated rings. The minimum Gasteiger partial charge on any atom is -0.378 e. The van der Waals surface area contributed by atoms with Gasteiger partial charge in [0.25, 0.3) is 0 Å². The van der Waals surface area contributed by atoms with Gasteiger partial charge in [-0.1, -0.05) is 0 Å².